The first-order valence-electron chi connectivity index (χ1n) is 7.61. The lowest BCUT2D eigenvalue weighted by Gasteiger charge is -2.19. The molecule has 2 N–H and O–H groups in total. The van der Waals surface area contributed by atoms with Crippen molar-refractivity contribution in [3.05, 3.63) is 10.6 Å². The Hall–Kier alpha value is -1.43. The molecule has 0 saturated heterocycles. The van der Waals surface area contributed by atoms with Crippen molar-refractivity contribution in [1.29, 1.82) is 0 Å². The zero-order valence-electron chi connectivity index (χ0n) is 12.7. The van der Waals surface area contributed by atoms with E-state index in [0.29, 0.717) is 11.7 Å². The van der Waals surface area contributed by atoms with Gasteiger partial charge in [0.15, 0.2) is 5.13 Å². The Bertz CT molecular complexity index is 513. The summed E-state index contributed by atoms with van der Waals surface area (Å²) in [6, 6.07) is 0. The number of thiazole rings is 1. The highest BCUT2D eigenvalue weighted by atomic mass is 32.1. The molecule has 0 bridgehead atoms. The van der Waals surface area contributed by atoms with Crippen LogP contribution < -0.4 is 10.6 Å². The van der Waals surface area contributed by atoms with Crippen molar-refractivity contribution < 1.29 is 9.59 Å². The van der Waals surface area contributed by atoms with Crippen molar-refractivity contribution in [2.75, 3.05) is 11.9 Å². The molecule has 6 heteroatoms. The van der Waals surface area contributed by atoms with Gasteiger partial charge in [-0.15, -0.1) is 11.3 Å². The first-order chi connectivity index (χ1) is 10.1. The van der Waals surface area contributed by atoms with Gasteiger partial charge in [-0.3, -0.25) is 9.59 Å². The molecule has 1 aromatic rings. The Labute approximate surface area is 129 Å². The van der Waals surface area contributed by atoms with E-state index >= 15 is 0 Å². The third kappa shape index (κ3) is 4.81. The molecule has 1 heterocycles. The summed E-state index contributed by atoms with van der Waals surface area (Å²) >= 11 is 1.60. The van der Waals surface area contributed by atoms with Crippen LogP contribution in [0.25, 0.3) is 0 Å². The number of anilines is 1. The molecular weight excluding hydrogens is 286 g/mol. The molecule has 0 fully saturated rings. The molecule has 0 radical (unpaired) electrons. The third-order valence-electron chi connectivity index (χ3n) is 3.71. The van der Waals surface area contributed by atoms with Crippen molar-refractivity contribution in [2.45, 2.75) is 52.4 Å². The van der Waals surface area contributed by atoms with Crippen molar-refractivity contribution >= 4 is 28.3 Å². The third-order valence-corrected chi connectivity index (χ3v) is 4.75. The molecule has 116 valence electrons. The number of carbonyl (C=O) groups is 2. The maximum atomic E-state index is 11.8. The highest BCUT2D eigenvalue weighted by Crippen LogP contribution is 2.33. The fraction of sp³-hybridized carbons (Fsp3) is 0.667. The maximum Gasteiger partial charge on any atom is 0.227 e. The van der Waals surface area contributed by atoms with E-state index in [4.69, 9.17) is 0 Å². The van der Waals surface area contributed by atoms with Gasteiger partial charge in [0, 0.05) is 24.8 Å². The van der Waals surface area contributed by atoms with Gasteiger partial charge in [-0.2, -0.15) is 0 Å². The fourth-order valence-electron chi connectivity index (χ4n) is 2.69. The summed E-state index contributed by atoms with van der Waals surface area (Å²) in [7, 11) is 0. The van der Waals surface area contributed by atoms with Crippen molar-refractivity contribution in [2.24, 2.45) is 5.92 Å². The lowest BCUT2D eigenvalue weighted by molar-refractivity contribution is -0.119. The predicted molar refractivity (Wildman–Crippen MR) is 84.5 cm³/mol. The van der Waals surface area contributed by atoms with E-state index in [1.165, 1.54) is 31.1 Å². The van der Waals surface area contributed by atoms with Crippen LogP contribution in [0, 0.1) is 5.92 Å². The van der Waals surface area contributed by atoms with Gasteiger partial charge in [-0.25, -0.2) is 4.98 Å². The average molecular weight is 309 g/mol. The largest absolute Gasteiger partial charge is 0.356 e. The Morgan fingerprint density at radius 2 is 2.24 bits per heavy atom. The molecule has 2 amide bonds. The van der Waals surface area contributed by atoms with Crippen LogP contribution in [0.3, 0.4) is 0 Å². The molecule has 2 rings (SSSR count). The molecule has 0 aliphatic heterocycles. The second-order valence-corrected chi connectivity index (χ2v) is 6.65. The number of amides is 2. The predicted octanol–water partition coefficient (Wildman–Crippen LogP) is 2.51. The van der Waals surface area contributed by atoms with Crippen molar-refractivity contribution in [1.82, 2.24) is 10.3 Å². The molecule has 0 spiro atoms. The molecule has 0 unspecified atom stereocenters. The Kier molecular flexibility index (Phi) is 5.73. The fourth-order valence-corrected chi connectivity index (χ4v) is 3.82. The van der Waals surface area contributed by atoms with Crippen LogP contribution in [-0.4, -0.2) is 23.3 Å². The number of aryl methyl sites for hydroxylation is 1. The summed E-state index contributed by atoms with van der Waals surface area (Å²) in [5.74, 6) is 0.556. The average Bonchev–Trinajstić information content (AvgIpc) is 2.80. The molecule has 21 heavy (non-hydrogen) atoms. The second kappa shape index (κ2) is 7.54. The maximum absolute atomic E-state index is 11.8. The summed E-state index contributed by atoms with van der Waals surface area (Å²) in [6.45, 7) is 4.03. The SMILES string of the molecule is CCC[C@H]1CCc2nc(NC(=O)CCNC(C)=O)sc2C1. The Morgan fingerprint density at radius 1 is 1.43 bits per heavy atom. The smallest absolute Gasteiger partial charge is 0.227 e. The van der Waals surface area contributed by atoms with Crippen LogP contribution >= 0.6 is 11.3 Å². The van der Waals surface area contributed by atoms with Crippen LogP contribution in [0.1, 0.15) is 50.1 Å². The van der Waals surface area contributed by atoms with Gasteiger partial charge in [-0.1, -0.05) is 19.8 Å². The summed E-state index contributed by atoms with van der Waals surface area (Å²) in [4.78, 5) is 28.4. The van der Waals surface area contributed by atoms with E-state index in [0.717, 1.165) is 24.5 Å². The summed E-state index contributed by atoms with van der Waals surface area (Å²) in [5.41, 5.74) is 1.16. The quantitative estimate of drug-likeness (QED) is 0.848. The standard InChI is InChI=1S/C15H23N3O2S/c1-3-4-11-5-6-12-13(9-11)21-15(17-12)18-14(20)7-8-16-10(2)19/h11H,3-9H2,1-2H3,(H,16,19)(H,17,18,20)/t11-/m0/s1. The first-order valence-corrected chi connectivity index (χ1v) is 8.43. The first kappa shape index (κ1) is 15.9. The molecule has 1 aromatic heterocycles. The number of carbonyl (C=O) groups excluding carboxylic acids is 2. The van der Waals surface area contributed by atoms with E-state index in [1.54, 1.807) is 11.3 Å². The number of fused-ring (bicyclic) bond motifs is 1. The molecule has 0 saturated carbocycles. The Balaban J connectivity index is 1.85. The zero-order chi connectivity index (χ0) is 15.2. The van der Waals surface area contributed by atoms with E-state index in [9.17, 15) is 9.59 Å². The summed E-state index contributed by atoms with van der Waals surface area (Å²) < 4.78 is 0. The highest BCUT2D eigenvalue weighted by Gasteiger charge is 2.22. The van der Waals surface area contributed by atoms with Crippen LogP contribution in [0.15, 0.2) is 0 Å². The van der Waals surface area contributed by atoms with Crippen molar-refractivity contribution in [3.8, 4) is 0 Å². The molecule has 1 aliphatic carbocycles. The van der Waals surface area contributed by atoms with Gasteiger partial charge in [0.1, 0.15) is 0 Å². The monoisotopic (exact) mass is 309 g/mol. The van der Waals surface area contributed by atoms with Crippen molar-refractivity contribution in [3.63, 3.8) is 0 Å². The van der Waals surface area contributed by atoms with E-state index in [-0.39, 0.29) is 18.2 Å². The number of rotatable bonds is 6. The van der Waals surface area contributed by atoms with Gasteiger partial charge in [0.05, 0.1) is 5.69 Å². The van der Waals surface area contributed by atoms with E-state index in [1.807, 2.05) is 0 Å². The van der Waals surface area contributed by atoms with Crippen LogP contribution in [-0.2, 0) is 22.4 Å². The normalized spacial score (nSPS) is 17.1. The van der Waals surface area contributed by atoms with Crippen LogP contribution in [0.4, 0.5) is 5.13 Å². The van der Waals surface area contributed by atoms with Gasteiger partial charge < -0.3 is 10.6 Å². The molecular formula is C15H23N3O2S. The van der Waals surface area contributed by atoms with Gasteiger partial charge in [0.2, 0.25) is 11.8 Å². The zero-order valence-corrected chi connectivity index (χ0v) is 13.5. The molecule has 5 nitrogen and oxygen atoms in total. The number of nitrogens with one attached hydrogen (secondary N) is 2. The summed E-state index contributed by atoms with van der Waals surface area (Å²) in [6.07, 6.45) is 6.12. The van der Waals surface area contributed by atoms with Gasteiger partial charge >= 0.3 is 0 Å². The summed E-state index contributed by atoms with van der Waals surface area (Å²) in [5, 5.41) is 6.15. The van der Waals surface area contributed by atoms with Crippen LogP contribution in [0.5, 0.6) is 0 Å². The minimum absolute atomic E-state index is 0.0973. The van der Waals surface area contributed by atoms with Gasteiger partial charge in [-0.05, 0) is 25.2 Å². The number of nitrogens with zero attached hydrogens (tertiary/aromatic N) is 1. The highest BCUT2D eigenvalue weighted by molar-refractivity contribution is 7.15. The lowest BCUT2D eigenvalue weighted by atomic mass is 9.88. The van der Waals surface area contributed by atoms with Crippen LogP contribution in [0.2, 0.25) is 0 Å². The van der Waals surface area contributed by atoms with E-state index < -0.39 is 0 Å². The van der Waals surface area contributed by atoms with E-state index in [2.05, 4.69) is 22.5 Å². The molecule has 1 aliphatic rings. The lowest BCUT2D eigenvalue weighted by Crippen LogP contribution is -2.25. The number of hydrogen-bond donors (Lipinski definition) is 2. The second-order valence-electron chi connectivity index (χ2n) is 5.57. The number of hydrogen-bond acceptors (Lipinski definition) is 4. The minimum atomic E-state index is -0.116. The minimum Gasteiger partial charge on any atom is -0.356 e. The topological polar surface area (TPSA) is 71.1 Å². The molecule has 1 atom stereocenters. The molecule has 0 aromatic carbocycles. The Morgan fingerprint density at radius 3 is 2.95 bits per heavy atom. The number of aromatic nitrogens is 1. The van der Waals surface area contributed by atoms with Gasteiger partial charge in [0.25, 0.3) is 0 Å².